The molecule has 1 saturated carbocycles. The van der Waals surface area contributed by atoms with Crippen LogP contribution in [0.5, 0.6) is 0 Å². The Morgan fingerprint density at radius 2 is 1.71 bits per heavy atom. The molecule has 0 saturated heterocycles. The largest absolute Gasteiger partial charge is 0.481 e. The molecule has 0 spiro atoms. The Hall–Kier alpha value is -1.91. The topological polar surface area (TPSA) is 80.4 Å². The Bertz CT molecular complexity index is 538. The summed E-state index contributed by atoms with van der Waals surface area (Å²) in [6, 6.07) is 6.22. The Balaban J connectivity index is 2.17. The van der Waals surface area contributed by atoms with Crippen LogP contribution in [0, 0.1) is 20.9 Å². The highest BCUT2D eigenvalue weighted by atomic mass is 16.6. The molecule has 5 heteroatoms. The summed E-state index contributed by atoms with van der Waals surface area (Å²) in [5.74, 6) is -0.753. The van der Waals surface area contributed by atoms with Gasteiger partial charge in [-0.1, -0.05) is 26.0 Å². The number of hydrogen-bond acceptors (Lipinski definition) is 3. The summed E-state index contributed by atoms with van der Waals surface area (Å²) in [6.45, 7) is 4.34. The van der Waals surface area contributed by atoms with Crippen LogP contribution in [0.15, 0.2) is 24.3 Å². The number of carboxylic acid groups (broad SMARTS) is 1. The highest BCUT2D eigenvalue weighted by Gasteiger charge is 2.44. The second kappa shape index (κ2) is 5.47. The molecule has 1 aromatic rings. The van der Waals surface area contributed by atoms with Crippen molar-refractivity contribution in [1.82, 2.24) is 0 Å². The quantitative estimate of drug-likeness (QED) is 0.675. The molecule has 0 heterocycles. The maximum Gasteiger partial charge on any atom is 0.309 e. The van der Waals surface area contributed by atoms with E-state index in [0.717, 1.165) is 18.4 Å². The lowest BCUT2D eigenvalue weighted by Gasteiger charge is -2.41. The number of aliphatic carboxylic acids is 1. The third kappa shape index (κ3) is 3.40. The van der Waals surface area contributed by atoms with Crippen molar-refractivity contribution in [3.63, 3.8) is 0 Å². The molecule has 0 unspecified atom stereocenters. The van der Waals surface area contributed by atoms with Crippen LogP contribution in [0.4, 0.5) is 5.69 Å². The molecule has 1 aliphatic carbocycles. The Kier molecular flexibility index (Phi) is 4.03. The molecular weight excluding hydrogens is 270 g/mol. The average Bonchev–Trinajstić information content (AvgIpc) is 2.42. The van der Waals surface area contributed by atoms with Gasteiger partial charge in [0.2, 0.25) is 0 Å². The lowest BCUT2D eigenvalue weighted by atomic mass is 9.63. The van der Waals surface area contributed by atoms with Gasteiger partial charge in [-0.25, -0.2) is 0 Å². The van der Waals surface area contributed by atoms with Crippen LogP contribution >= 0.6 is 0 Å². The lowest BCUT2D eigenvalue weighted by molar-refractivity contribution is -0.384. The fourth-order valence-electron chi connectivity index (χ4n) is 3.00. The van der Waals surface area contributed by atoms with Crippen LogP contribution in [-0.4, -0.2) is 16.0 Å². The minimum atomic E-state index is -0.753. The first kappa shape index (κ1) is 15.5. The van der Waals surface area contributed by atoms with Gasteiger partial charge in [-0.3, -0.25) is 14.9 Å². The summed E-state index contributed by atoms with van der Waals surface area (Å²) >= 11 is 0. The van der Waals surface area contributed by atoms with E-state index in [1.54, 1.807) is 12.1 Å². The molecular formula is C16H21NO4. The Morgan fingerprint density at radius 1 is 1.19 bits per heavy atom. The summed E-state index contributed by atoms with van der Waals surface area (Å²) in [5.41, 5.74) is 0.357. The van der Waals surface area contributed by atoms with E-state index in [0.29, 0.717) is 19.3 Å². The van der Waals surface area contributed by atoms with E-state index in [1.165, 1.54) is 12.1 Å². The van der Waals surface area contributed by atoms with Crippen LogP contribution in [-0.2, 0) is 11.2 Å². The summed E-state index contributed by atoms with van der Waals surface area (Å²) in [6.07, 6.45) is 3.55. The van der Waals surface area contributed by atoms with Crippen molar-refractivity contribution in [2.45, 2.75) is 46.0 Å². The van der Waals surface area contributed by atoms with Gasteiger partial charge in [-0.2, -0.15) is 0 Å². The summed E-state index contributed by atoms with van der Waals surface area (Å²) in [4.78, 5) is 22.0. The molecule has 1 fully saturated rings. The van der Waals surface area contributed by atoms with Crippen LogP contribution < -0.4 is 0 Å². The molecule has 1 N–H and O–H groups in total. The van der Waals surface area contributed by atoms with Crippen molar-refractivity contribution < 1.29 is 14.8 Å². The maximum absolute atomic E-state index is 11.8. The maximum atomic E-state index is 11.8. The van der Waals surface area contributed by atoms with Crippen LogP contribution in [0.1, 0.15) is 45.1 Å². The highest BCUT2D eigenvalue weighted by molar-refractivity contribution is 5.75. The number of nitrogens with zero attached hydrogens (tertiary/aromatic N) is 1. The zero-order chi connectivity index (χ0) is 15.7. The van der Waals surface area contributed by atoms with Crippen LogP contribution in [0.25, 0.3) is 0 Å². The van der Waals surface area contributed by atoms with E-state index in [4.69, 9.17) is 0 Å². The van der Waals surface area contributed by atoms with Crippen molar-refractivity contribution in [2.75, 3.05) is 0 Å². The first-order chi connectivity index (χ1) is 9.74. The van der Waals surface area contributed by atoms with Gasteiger partial charge >= 0.3 is 5.97 Å². The second-order valence-electron chi connectivity index (χ2n) is 6.85. The smallest absolute Gasteiger partial charge is 0.309 e. The van der Waals surface area contributed by atoms with Gasteiger partial charge in [-0.15, -0.1) is 0 Å². The molecule has 5 nitrogen and oxygen atoms in total. The predicted molar refractivity (Wildman–Crippen MR) is 79.1 cm³/mol. The van der Waals surface area contributed by atoms with Crippen molar-refractivity contribution in [1.29, 1.82) is 0 Å². The molecule has 2 rings (SSSR count). The summed E-state index contributed by atoms with van der Waals surface area (Å²) < 4.78 is 0. The second-order valence-corrected chi connectivity index (χ2v) is 6.85. The lowest BCUT2D eigenvalue weighted by Crippen LogP contribution is -2.39. The van der Waals surface area contributed by atoms with Crippen molar-refractivity contribution in [3.8, 4) is 0 Å². The van der Waals surface area contributed by atoms with Crippen molar-refractivity contribution in [3.05, 3.63) is 39.9 Å². The van der Waals surface area contributed by atoms with Gasteiger partial charge in [0, 0.05) is 12.1 Å². The Labute approximate surface area is 124 Å². The number of nitro benzene ring substituents is 1. The van der Waals surface area contributed by atoms with E-state index >= 15 is 0 Å². The first-order valence-electron chi connectivity index (χ1n) is 7.21. The van der Waals surface area contributed by atoms with Gasteiger partial charge in [0.25, 0.3) is 5.69 Å². The highest BCUT2D eigenvalue weighted by Crippen LogP contribution is 2.47. The molecule has 0 radical (unpaired) electrons. The summed E-state index contributed by atoms with van der Waals surface area (Å²) in [5, 5.41) is 20.3. The standard InChI is InChI=1S/C16H21NO4/c1-15(2)7-9-16(10-8-15,14(18)19)11-12-3-5-13(6-4-12)17(20)21/h3-6H,7-11H2,1-2H3,(H,18,19). The number of benzene rings is 1. The molecule has 1 aromatic carbocycles. The van der Waals surface area contributed by atoms with E-state index in [-0.39, 0.29) is 11.1 Å². The SMILES string of the molecule is CC1(C)CCC(Cc2ccc([N+](=O)[O-])cc2)(C(=O)O)CC1. The van der Waals surface area contributed by atoms with E-state index < -0.39 is 16.3 Å². The zero-order valence-corrected chi connectivity index (χ0v) is 12.5. The molecule has 0 aromatic heterocycles. The number of rotatable bonds is 4. The van der Waals surface area contributed by atoms with E-state index in [2.05, 4.69) is 13.8 Å². The average molecular weight is 291 g/mol. The number of carboxylic acids is 1. The third-order valence-corrected chi connectivity index (χ3v) is 4.70. The van der Waals surface area contributed by atoms with Crippen LogP contribution in [0.2, 0.25) is 0 Å². The van der Waals surface area contributed by atoms with Crippen molar-refractivity contribution >= 4 is 11.7 Å². The first-order valence-corrected chi connectivity index (χ1v) is 7.21. The molecule has 1 aliphatic rings. The number of nitro groups is 1. The van der Waals surface area contributed by atoms with E-state index in [9.17, 15) is 20.0 Å². The van der Waals surface area contributed by atoms with E-state index in [1.807, 2.05) is 0 Å². The van der Waals surface area contributed by atoms with Gasteiger partial charge in [-0.05, 0) is 43.1 Å². The summed E-state index contributed by atoms with van der Waals surface area (Å²) in [7, 11) is 0. The molecule has 0 atom stereocenters. The minimum absolute atomic E-state index is 0.0351. The Morgan fingerprint density at radius 3 is 2.14 bits per heavy atom. The molecule has 0 amide bonds. The van der Waals surface area contributed by atoms with Gasteiger partial charge in [0.05, 0.1) is 10.3 Å². The fourth-order valence-corrected chi connectivity index (χ4v) is 3.00. The molecule has 0 bridgehead atoms. The molecule has 21 heavy (non-hydrogen) atoms. The van der Waals surface area contributed by atoms with Crippen LogP contribution in [0.3, 0.4) is 0 Å². The molecule has 114 valence electrons. The third-order valence-electron chi connectivity index (χ3n) is 4.70. The minimum Gasteiger partial charge on any atom is -0.481 e. The monoisotopic (exact) mass is 291 g/mol. The number of hydrogen-bond donors (Lipinski definition) is 1. The number of carbonyl (C=O) groups is 1. The normalized spacial score (nSPS) is 19.9. The zero-order valence-electron chi connectivity index (χ0n) is 12.5. The predicted octanol–water partition coefficient (Wildman–Crippen LogP) is 3.81. The fraction of sp³-hybridized carbons (Fsp3) is 0.562. The van der Waals surface area contributed by atoms with Crippen molar-refractivity contribution in [2.24, 2.45) is 10.8 Å². The molecule has 0 aliphatic heterocycles. The number of non-ortho nitro benzene ring substituents is 1. The van der Waals surface area contributed by atoms with Gasteiger partial charge < -0.3 is 5.11 Å². The van der Waals surface area contributed by atoms with Gasteiger partial charge in [0.15, 0.2) is 0 Å². The van der Waals surface area contributed by atoms with Gasteiger partial charge in [0.1, 0.15) is 0 Å².